The second-order valence-electron chi connectivity index (χ2n) is 6.68. The molecule has 0 saturated carbocycles. The van der Waals surface area contributed by atoms with Crippen LogP contribution in [0.2, 0.25) is 0 Å². The van der Waals surface area contributed by atoms with Gasteiger partial charge in [0.15, 0.2) is 0 Å². The summed E-state index contributed by atoms with van der Waals surface area (Å²) in [5, 5.41) is 6.42. The van der Waals surface area contributed by atoms with Gasteiger partial charge in [-0.3, -0.25) is 4.79 Å². The summed E-state index contributed by atoms with van der Waals surface area (Å²) in [6.07, 6.45) is 2.84. The van der Waals surface area contributed by atoms with Crippen LogP contribution in [0.5, 0.6) is 0 Å². The van der Waals surface area contributed by atoms with Crippen LogP contribution >= 0.6 is 0 Å². The number of aromatic nitrogens is 2. The number of aryl methyl sites for hydroxylation is 1. The molecule has 1 aromatic carbocycles. The fourth-order valence-electron chi connectivity index (χ4n) is 3.30. The van der Waals surface area contributed by atoms with E-state index in [1.165, 1.54) is 6.07 Å². The zero-order chi connectivity index (χ0) is 18.2. The zero-order valence-electron chi connectivity index (χ0n) is 14.7. The molecule has 1 aliphatic rings. The second kappa shape index (κ2) is 6.72. The summed E-state index contributed by atoms with van der Waals surface area (Å²) in [5.41, 5.74) is 2.58. The number of aromatic amines is 1. The predicted molar refractivity (Wildman–Crippen MR) is 97.0 cm³/mol. The Labute approximate surface area is 147 Å². The molecule has 1 unspecified atom stereocenters. The molecule has 134 valence electrons. The number of hydrogen-bond donors (Lipinski definition) is 1. The van der Waals surface area contributed by atoms with Crippen molar-refractivity contribution in [3.8, 4) is 11.3 Å². The van der Waals surface area contributed by atoms with Crippen molar-refractivity contribution in [1.82, 2.24) is 14.5 Å². The van der Waals surface area contributed by atoms with Crippen molar-refractivity contribution in [1.29, 1.82) is 0 Å². The Kier molecular flexibility index (Phi) is 4.79. The minimum absolute atomic E-state index is 0.00770. The Bertz CT molecular complexity index is 930. The standard InChI is InChI=1S/C18H23N3O3S/c1-12-10-15(16-7-8-18(22)20-19-16)11-17(14(12)3)25(23,24)21-9-5-4-6-13(21)2/h7-8,10-11,13H,4-6,9H2,1-3H3,(H,20,22). The number of hydrogen-bond acceptors (Lipinski definition) is 4. The third-order valence-corrected chi connectivity index (χ3v) is 7.06. The average molecular weight is 361 g/mol. The van der Waals surface area contributed by atoms with E-state index < -0.39 is 10.0 Å². The van der Waals surface area contributed by atoms with Crippen LogP contribution in [0.1, 0.15) is 37.3 Å². The van der Waals surface area contributed by atoms with E-state index >= 15 is 0 Å². The van der Waals surface area contributed by atoms with E-state index in [2.05, 4.69) is 10.2 Å². The number of nitrogens with one attached hydrogen (secondary N) is 1. The van der Waals surface area contributed by atoms with Gasteiger partial charge in [-0.2, -0.15) is 9.40 Å². The number of H-pyrrole nitrogens is 1. The van der Waals surface area contributed by atoms with Crippen molar-refractivity contribution in [3.05, 3.63) is 45.7 Å². The molecule has 2 aromatic rings. The van der Waals surface area contributed by atoms with Gasteiger partial charge in [0.05, 0.1) is 10.6 Å². The highest BCUT2D eigenvalue weighted by Gasteiger charge is 2.32. The summed E-state index contributed by atoms with van der Waals surface area (Å²) in [6.45, 7) is 6.25. The molecule has 1 atom stereocenters. The minimum atomic E-state index is -3.57. The fraction of sp³-hybridized carbons (Fsp3) is 0.444. The Morgan fingerprint density at radius 2 is 1.96 bits per heavy atom. The van der Waals surface area contributed by atoms with E-state index in [4.69, 9.17) is 0 Å². The summed E-state index contributed by atoms with van der Waals surface area (Å²) in [6, 6.07) is 6.56. The van der Waals surface area contributed by atoms with E-state index in [0.717, 1.165) is 30.4 Å². The molecular weight excluding hydrogens is 338 g/mol. The molecule has 1 aromatic heterocycles. The number of rotatable bonds is 3. The number of piperidine rings is 1. The van der Waals surface area contributed by atoms with Crippen molar-refractivity contribution in [2.24, 2.45) is 0 Å². The third-order valence-electron chi connectivity index (χ3n) is 4.92. The molecule has 0 bridgehead atoms. The molecule has 6 nitrogen and oxygen atoms in total. The largest absolute Gasteiger partial charge is 0.268 e. The van der Waals surface area contributed by atoms with E-state index in [9.17, 15) is 13.2 Å². The number of nitrogens with zero attached hydrogens (tertiary/aromatic N) is 2. The Morgan fingerprint density at radius 3 is 2.60 bits per heavy atom. The normalized spacial score (nSPS) is 19.1. The summed E-state index contributed by atoms with van der Waals surface area (Å²) in [7, 11) is -3.57. The van der Waals surface area contributed by atoms with Crippen LogP contribution in [0.4, 0.5) is 0 Å². The zero-order valence-corrected chi connectivity index (χ0v) is 15.6. The smallest absolute Gasteiger partial charge is 0.264 e. The number of sulfonamides is 1. The van der Waals surface area contributed by atoms with Gasteiger partial charge in [-0.25, -0.2) is 13.5 Å². The van der Waals surface area contributed by atoms with Gasteiger partial charge in [0.2, 0.25) is 10.0 Å². The second-order valence-corrected chi connectivity index (χ2v) is 8.54. The minimum Gasteiger partial charge on any atom is -0.268 e. The molecule has 25 heavy (non-hydrogen) atoms. The maximum Gasteiger partial charge on any atom is 0.264 e. The van der Waals surface area contributed by atoms with E-state index in [1.54, 1.807) is 16.4 Å². The van der Waals surface area contributed by atoms with Crippen LogP contribution in [0.25, 0.3) is 11.3 Å². The van der Waals surface area contributed by atoms with Gasteiger partial charge in [0.25, 0.3) is 5.56 Å². The quantitative estimate of drug-likeness (QED) is 0.911. The van der Waals surface area contributed by atoms with Crippen molar-refractivity contribution < 1.29 is 8.42 Å². The summed E-state index contributed by atoms with van der Waals surface area (Å²) >= 11 is 0. The van der Waals surface area contributed by atoms with Crippen LogP contribution < -0.4 is 5.56 Å². The maximum absolute atomic E-state index is 13.3. The topological polar surface area (TPSA) is 83.1 Å². The van der Waals surface area contributed by atoms with Crippen molar-refractivity contribution in [2.75, 3.05) is 6.54 Å². The third kappa shape index (κ3) is 3.39. The van der Waals surface area contributed by atoms with E-state index in [-0.39, 0.29) is 11.6 Å². The highest BCUT2D eigenvalue weighted by molar-refractivity contribution is 7.89. The lowest BCUT2D eigenvalue weighted by atomic mass is 10.0. The highest BCUT2D eigenvalue weighted by Crippen LogP contribution is 2.31. The van der Waals surface area contributed by atoms with Gasteiger partial charge in [-0.05, 0) is 62.9 Å². The lowest BCUT2D eigenvalue weighted by Crippen LogP contribution is -2.42. The lowest BCUT2D eigenvalue weighted by molar-refractivity contribution is 0.268. The van der Waals surface area contributed by atoms with E-state index in [0.29, 0.717) is 22.7 Å². The van der Waals surface area contributed by atoms with Gasteiger partial charge in [-0.15, -0.1) is 0 Å². The SMILES string of the molecule is Cc1cc(-c2ccc(=O)[nH]n2)cc(S(=O)(=O)N2CCCCC2C)c1C. The van der Waals surface area contributed by atoms with Gasteiger partial charge in [-0.1, -0.05) is 6.42 Å². The highest BCUT2D eigenvalue weighted by atomic mass is 32.2. The average Bonchev–Trinajstić information content (AvgIpc) is 2.58. The summed E-state index contributed by atoms with van der Waals surface area (Å²) in [5.74, 6) is 0. The fourth-order valence-corrected chi connectivity index (χ4v) is 5.33. The predicted octanol–water partition coefficient (Wildman–Crippen LogP) is 2.62. The molecule has 0 radical (unpaired) electrons. The molecule has 3 rings (SSSR count). The Balaban J connectivity index is 2.12. The van der Waals surface area contributed by atoms with Crippen LogP contribution in [0, 0.1) is 13.8 Å². The van der Waals surface area contributed by atoms with Crippen LogP contribution in [0.15, 0.2) is 34.0 Å². The van der Waals surface area contributed by atoms with Gasteiger partial charge in [0, 0.05) is 24.2 Å². The Morgan fingerprint density at radius 1 is 1.20 bits per heavy atom. The van der Waals surface area contributed by atoms with Crippen molar-refractivity contribution in [3.63, 3.8) is 0 Å². The lowest BCUT2D eigenvalue weighted by Gasteiger charge is -2.33. The van der Waals surface area contributed by atoms with Crippen molar-refractivity contribution in [2.45, 2.75) is 51.0 Å². The molecule has 1 saturated heterocycles. The molecule has 0 spiro atoms. The summed E-state index contributed by atoms with van der Waals surface area (Å²) in [4.78, 5) is 11.5. The first kappa shape index (κ1) is 17.8. The molecule has 1 N–H and O–H groups in total. The molecule has 0 amide bonds. The van der Waals surface area contributed by atoms with Gasteiger partial charge in [0.1, 0.15) is 0 Å². The van der Waals surface area contributed by atoms with Gasteiger partial charge >= 0.3 is 0 Å². The number of benzene rings is 1. The van der Waals surface area contributed by atoms with Crippen LogP contribution in [0.3, 0.4) is 0 Å². The molecule has 2 heterocycles. The van der Waals surface area contributed by atoms with Gasteiger partial charge < -0.3 is 0 Å². The molecular formula is C18H23N3O3S. The molecule has 7 heteroatoms. The maximum atomic E-state index is 13.3. The molecule has 0 aliphatic carbocycles. The van der Waals surface area contributed by atoms with E-state index in [1.807, 2.05) is 26.8 Å². The van der Waals surface area contributed by atoms with Crippen molar-refractivity contribution >= 4 is 10.0 Å². The summed E-state index contributed by atoms with van der Waals surface area (Å²) < 4.78 is 28.1. The van der Waals surface area contributed by atoms with Crippen LogP contribution in [-0.2, 0) is 10.0 Å². The Hall–Kier alpha value is -1.99. The molecule has 1 aliphatic heterocycles. The molecule has 1 fully saturated rings. The monoisotopic (exact) mass is 361 g/mol. The first-order valence-electron chi connectivity index (χ1n) is 8.50. The first-order chi connectivity index (χ1) is 11.8. The first-order valence-corrected chi connectivity index (χ1v) is 9.94. The van der Waals surface area contributed by atoms with Crippen LogP contribution in [-0.4, -0.2) is 35.5 Å².